The van der Waals surface area contributed by atoms with Crippen molar-refractivity contribution in [3.05, 3.63) is 65.7 Å². The molecule has 0 spiro atoms. The van der Waals surface area contributed by atoms with Gasteiger partial charge in [-0.25, -0.2) is 4.90 Å². The second-order valence-corrected chi connectivity index (χ2v) is 9.58. The van der Waals surface area contributed by atoms with E-state index in [1.165, 1.54) is 11.8 Å². The minimum atomic E-state index is -0.978. The summed E-state index contributed by atoms with van der Waals surface area (Å²) in [5.41, 5.74) is 0.994. The normalized spacial score (nSPS) is 22.5. The zero-order chi connectivity index (χ0) is 23.5. The van der Waals surface area contributed by atoms with Gasteiger partial charge in [0.05, 0.1) is 22.8 Å². The van der Waals surface area contributed by atoms with E-state index in [1.54, 1.807) is 54.6 Å². The number of hydrogen-bond acceptors (Lipinski definition) is 5. The van der Waals surface area contributed by atoms with E-state index in [-0.39, 0.29) is 24.1 Å². The largest absolute Gasteiger partial charge is 0.481 e. The van der Waals surface area contributed by atoms with Crippen LogP contribution in [-0.4, -0.2) is 34.0 Å². The predicted octanol–water partition coefficient (Wildman–Crippen LogP) is 4.37. The van der Waals surface area contributed by atoms with Crippen LogP contribution in [0, 0.1) is 11.8 Å². The predicted molar refractivity (Wildman–Crippen MR) is 126 cm³/mol. The van der Waals surface area contributed by atoms with Crippen LogP contribution in [0.5, 0.6) is 0 Å². The van der Waals surface area contributed by atoms with E-state index in [1.807, 2.05) is 6.08 Å². The van der Waals surface area contributed by atoms with Gasteiger partial charge in [0.2, 0.25) is 17.7 Å². The number of carboxylic acids is 1. The van der Waals surface area contributed by atoms with E-state index in [4.69, 9.17) is 11.6 Å². The van der Waals surface area contributed by atoms with Crippen LogP contribution in [0.3, 0.4) is 0 Å². The number of carboxylic acid groups (broad SMARTS) is 1. The number of imide groups is 1. The molecule has 0 bridgehead atoms. The average Bonchev–Trinajstić information content (AvgIpc) is 3.07. The van der Waals surface area contributed by atoms with Gasteiger partial charge in [-0.1, -0.05) is 29.8 Å². The van der Waals surface area contributed by atoms with Crippen molar-refractivity contribution in [1.29, 1.82) is 0 Å². The Morgan fingerprint density at radius 3 is 2.39 bits per heavy atom. The zero-order valence-corrected chi connectivity index (χ0v) is 19.0. The van der Waals surface area contributed by atoms with Gasteiger partial charge in [0.25, 0.3) is 0 Å². The molecule has 1 aliphatic carbocycles. The number of anilines is 2. The molecule has 4 rings (SSSR count). The molecule has 9 heteroatoms. The first kappa shape index (κ1) is 23.1. The number of nitrogens with zero attached hydrogens (tertiary/aromatic N) is 1. The van der Waals surface area contributed by atoms with Crippen LogP contribution in [-0.2, 0) is 19.2 Å². The van der Waals surface area contributed by atoms with E-state index in [0.29, 0.717) is 29.2 Å². The third kappa shape index (κ3) is 5.12. The molecule has 2 aromatic rings. The maximum atomic E-state index is 12.8. The molecule has 1 saturated heterocycles. The average molecular weight is 485 g/mol. The smallest absolute Gasteiger partial charge is 0.307 e. The van der Waals surface area contributed by atoms with Crippen LogP contribution < -0.4 is 10.2 Å². The van der Waals surface area contributed by atoms with Crippen LogP contribution in [0.25, 0.3) is 0 Å². The highest BCUT2D eigenvalue weighted by molar-refractivity contribution is 8.00. The number of thioether (sulfide) groups is 1. The first-order valence-electron chi connectivity index (χ1n) is 10.4. The van der Waals surface area contributed by atoms with Gasteiger partial charge < -0.3 is 10.4 Å². The fourth-order valence-electron chi connectivity index (χ4n) is 3.98. The van der Waals surface area contributed by atoms with E-state index >= 15 is 0 Å². The van der Waals surface area contributed by atoms with Gasteiger partial charge in [-0.2, -0.15) is 0 Å². The first-order valence-corrected chi connectivity index (χ1v) is 11.7. The fraction of sp³-hybridized carbons (Fsp3) is 0.250. The molecule has 1 aliphatic heterocycles. The lowest BCUT2D eigenvalue weighted by atomic mass is 9.82. The molecule has 7 nitrogen and oxygen atoms in total. The molecule has 2 aliphatic rings. The van der Waals surface area contributed by atoms with Crippen molar-refractivity contribution < 1.29 is 24.3 Å². The molecule has 0 radical (unpaired) electrons. The Morgan fingerprint density at radius 1 is 1.03 bits per heavy atom. The lowest BCUT2D eigenvalue weighted by molar-refractivity contribution is -0.146. The molecule has 0 saturated carbocycles. The second kappa shape index (κ2) is 9.80. The second-order valence-electron chi connectivity index (χ2n) is 7.87. The maximum absolute atomic E-state index is 12.8. The summed E-state index contributed by atoms with van der Waals surface area (Å²) in [5, 5.41) is 12.0. The van der Waals surface area contributed by atoms with Gasteiger partial charge in [0, 0.05) is 22.0 Å². The van der Waals surface area contributed by atoms with Gasteiger partial charge in [0.15, 0.2) is 0 Å². The van der Waals surface area contributed by atoms with Crippen LogP contribution in [0.1, 0.15) is 19.3 Å². The summed E-state index contributed by atoms with van der Waals surface area (Å²) in [7, 11) is 0. The van der Waals surface area contributed by atoms with Crippen LogP contribution in [0.4, 0.5) is 11.4 Å². The van der Waals surface area contributed by atoms with E-state index in [2.05, 4.69) is 5.32 Å². The third-order valence-corrected chi connectivity index (χ3v) is 7.09. The monoisotopic (exact) mass is 484 g/mol. The van der Waals surface area contributed by atoms with Crippen molar-refractivity contribution in [2.24, 2.45) is 11.8 Å². The molecule has 2 N–H and O–H groups in total. The van der Waals surface area contributed by atoms with Crippen LogP contribution in [0.2, 0.25) is 5.02 Å². The van der Waals surface area contributed by atoms with Crippen molar-refractivity contribution >= 4 is 58.4 Å². The standard InChI is InChI=1S/C24H21ClN2O5S/c25-14-4-3-5-16(12-14)27-21(28)13-20(23(27)30)33-17-10-8-15(9-11-17)26-22(29)18-6-1-2-7-19(18)24(31)32/h1-5,8-12,18-20H,6-7,13H2,(H,26,29)(H,31,32)/t18-,19-,20+/m0/s1. The van der Waals surface area contributed by atoms with Gasteiger partial charge in [-0.05, 0) is 55.3 Å². The van der Waals surface area contributed by atoms with Crippen LogP contribution >= 0.6 is 23.4 Å². The topological polar surface area (TPSA) is 104 Å². The first-order chi connectivity index (χ1) is 15.8. The third-order valence-electron chi connectivity index (χ3n) is 5.66. The summed E-state index contributed by atoms with van der Waals surface area (Å²) in [4.78, 5) is 51.3. The summed E-state index contributed by atoms with van der Waals surface area (Å²) < 4.78 is 0. The van der Waals surface area contributed by atoms with Crippen molar-refractivity contribution in [3.63, 3.8) is 0 Å². The van der Waals surface area contributed by atoms with Gasteiger partial charge >= 0.3 is 5.97 Å². The molecule has 170 valence electrons. The van der Waals surface area contributed by atoms with Gasteiger partial charge in [-0.3, -0.25) is 19.2 Å². The Kier molecular flexibility index (Phi) is 6.85. The molecule has 2 aromatic carbocycles. The highest BCUT2D eigenvalue weighted by Crippen LogP contribution is 2.35. The highest BCUT2D eigenvalue weighted by Gasteiger charge is 2.40. The lowest BCUT2D eigenvalue weighted by Gasteiger charge is -2.24. The molecular formula is C24H21ClN2O5S. The minimum Gasteiger partial charge on any atom is -0.481 e. The van der Waals surface area contributed by atoms with Crippen molar-refractivity contribution in [2.45, 2.75) is 29.4 Å². The van der Waals surface area contributed by atoms with Crippen molar-refractivity contribution in [1.82, 2.24) is 0 Å². The quantitative estimate of drug-likeness (QED) is 0.466. The van der Waals surface area contributed by atoms with E-state index in [0.717, 1.165) is 9.80 Å². The number of carbonyl (C=O) groups excluding carboxylic acids is 3. The Balaban J connectivity index is 1.39. The highest BCUT2D eigenvalue weighted by atomic mass is 35.5. The summed E-state index contributed by atoms with van der Waals surface area (Å²) in [5.74, 6) is -3.25. The summed E-state index contributed by atoms with van der Waals surface area (Å²) in [6.07, 6.45) is 4.43. The lowest BCUT2D eigenvalue weighted by Crippen LogP contribution is -2.34. The molecular weight excluding hydrogens is 464 g/mol. The maximum Gasteiger partial charge on any atom is 0.307 e. The number of rotatable bonds is 6. The molecule has 1 fully saturated rings. The molecule has 0 aromatic heterocycles. The molecule has 3 atom stereocenters. The minimum absolute atomic E-state index is 0.0836. The number of amides is 3. The van der Waals surface area contributed by atoms with Crippen LogP contribution in [0.15, 0.2) is 65.6 Å². The molecule has 1 heterocycles. The number of aliphatic carboxylic acids is 1. The molecule has 3 amide bonds. The van der Waals surface area contributed by atoms with Crippen molar-refractivity contribution in [2.75, 3.05) is 10.2 Å². The van der Waals surface area contributed by atoms with Gasteiger partial charge in [-0.15, -0.1) is 11.8 Å². The Hall–Kier alpha value is -3.10. The summed E-state index contributed by atoms with van der Waals surface area (Å²) in [6, 6.07) is 13.5. The van der Waals surface area contributed by atoms with E-state index < -0.39 is 23.1 Å². The number of benzene rings is 2. The number of halogens is 1. The zero-order valence-electron chi connectivity index (χ0n) is 17.4. The molecule has 0 unspecified atom stereocenters. The number of hydrogen-bond donors (Lipinski definition) is 2. The Labute approximate surface area is 199 Å². The fourth-order valence-corrected chi connectivity index (χ4v) is 5.21. The number of nitrogens with one attached hydrogen (secondary N) is 1. The van der Waals surface area contributed by atoms with Crippen molar-refractivity contribution in [3.8, 4) is 0 Å². The molecule has 33 heavy (non-hydrogen) atoms. The van der Waals surface area contributed by atoms with Gasteiger partial charge in [0.1, 0.15) is 0 Å². The Bertz CT molecular complexity index is 1130. The number of carbonyl (C=O) groups is 4. The Morgan fingerprint density at radius 2 is 1.73 bits per heavy atom. The number of allylic oxidation sites excluding steroid dienone is 2. The SMILES string of the molecule is O=C(O)[C@H]1CC=CC[C@@H]1C(=O)Nc1ccc(S[C@@H]2CC(=O)N(c3cccc(Cl)c3)C2=O)cc1. The summed E-state index contributed by atoms with van der Waals surface area (Å²) >= 11 is 7.27. The van der Waals surface area contributed by atoms with E-state index in [9.17, 15) is 24.3 Å². The summed E-state index contributed by atoms with van der Waals surface area (Å²) in [6.45, 7) is 0.